The molecule has 5 heteroatoms. The minimum Gasteiger partial charge on any atom is -0.386 e. The molecule has 1 aliphatic heterocycles. The molecule has 0 radical (unpaired) electrons. The molecule has 1 aromatic heterocycles. The Morgan fingerprint density at radius 1 is 1.15 bits per heavy atom. The summed E-state index contributed by atoms with van der Waals surface area (Å²) >= 11 is 5.15. The number of alkyl halides is 1. The fourth-order valence-electron chi connectivity index (χ4n) is 3.25. The smallest absolute Gasteiger partial charge is 0.213 e. The van der Waals surface area contributed by atoms with Gasteiger partial charge < -0.3 is 10.0 Å². The van der Waals surface area contributed by atoms with E-state index in [-0.39, 0.29) is 0 Å². The van der Waals surface area contributed by atoms with Crippen molar-refractivity contribution in [2.24, 2.45) is 0 Å². The fraction of sp³-hybridized carbons (Fsp3) is 0.190. The summed E-state index contributed by atoms with van der Waals surface area (Å²) in [6, 6.07) is 19.0. The van der Waals surface area contributed by atoms with Crippen LogP contribution in [0.4, 0.5) is 5.69 Å². The van der Waals surface area contributed by atoms with Crippen LogP contribution >= 0.6 is 27.7 Å². The Morgan fingerprint density at radius 2 is 1.92 bits per heavy atom. The van der Waals surface area contributed by atoms with Gasteiger partial charge in [0.15, 0.2) is 12.7 Å². The molecule has 0 fully saturated rings. The fourth-order valence-corrected chi connectivity index (χ4v) is 4.56. The first-order valence-corrected chi connectivity index (χ1v) is 10.5. The third-order valence-corrected chi connectivity index (χ3v) is 6.51. The van der Waals surface area contributed by atoms with Crippen molar-refractivity contribution < 1.29 is 9.67 Å². The second-order valence-electron chi connectivity index (χ2n) is 6.36. The van der Waals surface area contributed by atoms with Crippen LogP contribution in [-0.2, 0) is 6.54 Å². The summed E-state index contributed by atoms with van der Waals surface area (Å²) < 4.78 is 2.11. The molecule has 0 spiro atoms. The molecule has 0 aliphatic carbocycles. The Hall–Kier alpha value is -1.82. The van der Waals surface area contributed by atoms with Gasteiger partial charge in [-0.2, -0.15) is 4.57 Å². The molecular formula is C21H20BrN2OS+. The Bertz CT molecular complexity index is 989. The number of hydrogen-bond acceptors (Lipinski definition) is 3. The highest BCUT2D eigenvalue weighted by Crippen LogP contribution is 2.45. The molecule has 26 heavy (non-hydrogen) atoms. The van der Waals surface area contributed by atoms with Crippen molar-refractivity contribution in [3.63, 3.8) is 0 Å². The zero-order chi connectivity index (χ0) is 18.1. The molecule has 1 atom stereocenters. The molecular weight excluding hydrogens is 408 g/mol. The van der Waals surface area contributed by atoms with Crippen molar-refractivity contribution >= 4 is 50.4 Å². The zero-order valence-electron chi connectivity index (χ0n) is 14.5. The molecule has 1 aliphatic rings. The molecule has 0 saturated heterocycles. The van der Waals surface area contributed by atoms with E-state index in [1.165, 1.54) is 26.6 Å². The van der Waals surface area contributed by atoms with Gasteiger partial charge in [-0.05, 0) is 29.8 Å². The highest BCUT2D eigenvalue weighted by molar-refractivity contribution is 9.09. The van der Waals surface area contributed by atoms with Gasteiger partial charge in [-0.25, -0.2) is 0 Å². The van der Waals surface area contributed by atoms with E-state index in [2.05, 4.69) is 93.2 Å². The summed E-state index contributed by atoms with van der Waals surface area (Å²) in [5.74, 6) is 0. The van der Waals surface area contributed by atoms with Gasteiger partial charge in [0.1, 0.15) is 6.10 Å². The molecule has 3 aromatic rings. The molecule has 0 amide bonds. The number of pyridine rings is 1. The number of thioether (sulfide) groups is 1. The molecule has 2 heterocycles. The maximum atomic E-state index is 10.0. The number of hydrogen-bond donors (Lipinski definition) is 1. The lowest BCUT2D eigenvalue weighted by Crippen LogP contribution is -2.41. The topological polar surface area (TPSA) is 27.4 Å². The van der Waals surface area contributed by atoms with Gasteiger partial charge in [-0.3, -0.25) is 0 Å². The second kappa shape index (κ2) is 7.43. The third-order valence-electron chi connectivity index (χ3n) is 4.59. The average Bonchev–Trinajstić information content (AvgIpc) is 2.99. The number of aromatic nitrogens is 1. The van der Waals surface area contributed by atoms with Crippen LogP contribution < -0.4 is 9.47 Å². The number of aliphatic hydroxyl groups is 1. The monoisotopic (exact) mass is 427 g/mol. The van der Waals surface area contributed by atoms with Gasteiger partial charge in [0.2, 0.25) is 5.52 Å². The van der Waals surface area contributed by atoms with Gasteiger partial charge in [-0.15, -0.1) is 0 Å². The maximum Gasteiger partial charge on any atom is 0.213 e. The normalized spacial score (nSPS) is 16.3. The molecule has 3 nitrogen and oxygen atoms in total. The van der Waals surface area contributed by atoms with E-state index in [9.17, 15) is 5.11 Å². The molecule has 0 saturated carbocycles. The maximum absolute atomic E-state index is 10.0. The van der Waals surface area contributed by atoms with Crippen LogP contribution in [0.15, 0.2) is 70.7 Å². The average molecular weight is 428 g/mol. The number of aliphatic hydroxyl groups excluding tert-OH is 1. The Kier molecular flexibility index (Phi) is 5.02. The summed E-state index contributed by atoms with van der Waals surface area (Å²) in [4.78, 5) is 3.53. The second-order valence-corrected chi connectivity index (χ2v) is 8.07. The van der Waals surface area contributed by atoms with Crippen LogP contribution in [0.3, 0.4) is 0 Å². The predicted molar refractivity (Wildman–Crippen MR) is 113 cm³/mol. The van der Waals surface area contributed by atoms with E-state index in [0.29, 0.717) is 11.9 Å². The lowest BCUT2D eigenvalue weighted by molar-refractivity contribution is -0.677. The van der Waals surface area contributed by atoms with Crippen LogP contribution in [0.25, 0.3) is 17.0 Å². The van der Waals surface area contributed by atoms with Crippen LogP contribution in [0.1, 0.15) is 5.56 Å². The first kappa shape index (κ1) is 17.6. The first-order valence-electron chi connectivity index (χ1n) is 8.55. The standard InChI is InChI=1S/C21H20BrN2OS/c1-23-19-8-4-5-9-20(19)26-21(23)12-15-10-11-24(14-16(25)13-22)18-7-3-2-6-17(15)18/h2-12,16,25H,13-14H2,1H3/q+1. The van der Waals surface area contributed by atoms with E-state index < -0.39 is 6.10 Å². The Morgan fingerprint density at radius 3 is 2.73 bits per heavy atom. The first-order chi connectivity index (χ1) is 12.7. The van der Waals surface area contributed by atoms with E-state index in [0.717, 1.165) is 5.52 Å². The third kappa shape index (κ3) is 3.27. The van der Waals surface area contributed by atoms with Gasteiger partial charge in [0.25, 0.3) is 0 Å². The summed E-state index contributed by atoms with van der Waals surface area (Å²) in [5, 5.41) is 13.0. The van der Waals surface area contributed by atoms with Crippen molar-refractivity contribution in [2.75, 3.05) is 17.3 Å². The highest BCUT2D eigenvalue weighted by Gasteiger charge is 2.22. The zero-order valence-corrected chi connectivity index (χ0v) is 16.9. The number of rotatable bonds is 4. The Balaban J connectivity index is 1.76. The van der Waals surface area contributed by atoms with Crippen LogP contribution in [0.2, 0.25) is 0 Å². The van der Waals surface area contributed by atoms with E-state index >= 15 is 0 Å². The van der Waals surface area contributed by atoms with Crippen molar-refractivity contribution in [2.45, 2.75) is 17.5 Å². The number of benzene rings is 2. The lowest BCUT2D eigenvalue weighted by Gasteiger charge is -2.14. The van der Waals surface area contributed by atoms with Crippen LogP contribution in [0, 0.1) is 0 Å². The number of para-hydroxylation sites is 2. The number of anilines is 1. The summed E-state index contributed by atoms with van der Waals surface area (Å²) in [7, 11) is 2.11. The summed E-state index contributed by atoms with van der Waals surface area (Å²) in [5.41, 5.74) is 3.57. The molecule has 2 aromatic carbocycles. The van der Waals surface area contributed by atoms with Crippen molar-refractivity contribution in [1.29, 1.82) is 0 Å². The van der Waals surface area contributed by atoms with E-state index in [1.807, 2.05) is 6.07 Å². The highest BCUT2D eigenvalue weighted by atomic mass is 79.9. The summed E-state index contributed by atoms with van der Waals surface area (Å²) in [6.45, 7) is 0.572. The minimum absolute atomic E-state index is 0.404. The van der Waals surface area contributed by atoms with Gasteiger partial charge in [0, 0.05) is 29.4 Å². The minimum atomic E-state index is -0.404. The molecule has 0 bridgehead atoms. The van der Waals surface area contributed by atoms with Gasteiger partial charge in [-0.1, -0.05) is 52.0 Å². The lowest BCUT2D eigenvalue weighted by atomic mass is 10.1. The molecule has 132 valence electrons. The summed E-state index contributed by atoms with van der Waals surface area (Å²) in [6.07, 6.45) is 3.91. The largest absolute Gasteiger partial charge is 0.386 e. The van der Waals surface area contributed by atoms with Crippen LogP contribution in [-0.4, -0.2) is 23.6 Å². The van der Waals surface area contributed by atoms with Crippen molar-refractivity contribution in [1.82, 2.24) is 0 Å². The van der Waals surface area contributed by atoms with Gasteiger partial charge >= 0.3 is 0 Å². The quantitative estimate of drug-likeness (QED) is 0.492. The number of fused-ring (bicyclic) bond motifs is 2. The van der Waals surface area contributed by atoms with Crippen molar-refractivity contribution in [3.8, 4) is 0 Å². The number of halogens is 1. The molecule has 1 unspecified atom stereocenters. The van der Waals surface area contributed by atoms with E-state index in [4.69, 9.17) is 0 Å². The Labute approximate surface area is 166 Å². The van der Waals surface area contributed by atoms with Crippen LogP contribution in [0.5, 0.6) is 0 Å². The van der Waals surface area contributed by atoms with Gasteiger partial charge in [0.05, 0.1) is 16.1 Å². The number of nitrogens with zero attached hydrogens (tertiary/aromatic N) is 2. The predicted octanol–water partition coefficient (Wildman–Crippen LogP) is 4.42. The van der Waals surface area contributed by atoms with Crippen molar-refractivity contribution in [3.05, 3.63) is 71.4 Å². The SMILES string of the molecule is CN1/C(=C\c2cc[n+](CC(O)CBr)c3ccccc23)Sc2ccccc21. The molecule has 1 N–H and O–H groups in total. The molecule has 4 rings (SSSR count). The van der Waals surface area contributed by atoms with E-state index in [1.54, 1.807) is 11.8 Å².